The SMILES string of the molecule is CCCNC(C)(C#N)CSC(C)(C)C. The summed E-state index contributed by atoms with van der Waals surface area (Å²) in [7, 11) is 0. The zero-order valence-electron chi connectivity index (χ0n) is 9.98. The van der Waals surface area contributed by atoms with Gasteiger partial charge in [-0.15, -0.1) is 0 Å². The summed E-state index contributed by atoms with van der Waals surface area (Å²) >= 11 is 1.83. The molecule has 1 N–H and O–H groups in total. The third-order valence-corrected chi connectivity index (χ3v) is 3.39. The highest BCUT2D eigenvalue weighted by molar-refractivity contribution is 8.00. The van der Waals surface area contributed by atoms with Gasteiger partial charge in [-0.05, 0) is 19.9 Å². The lowest BCUT2D eigenvalue weighted by atomic mass is 10.1. The Balaban J connectivity index is 4.07. The topological polar surface area (TPSA) is 35.8 Å². The molecule has 0 aliphatic rings. The van der Waals surface area contributed by atoms with Crippen LogP contribution in [0.5, 0.6) is 0 Å². The molecule has 0 aliphatic heterocycles. The van der Waals surface area contributed by atoms with Crippen LogP contribution < -0.4 is 5.32 Å². The molecule has 3 heteroatoms. The average molecular weight is 214 g/mol. The Kier molecular flexibility index (Phi) is 5.54. The van der Waals surface area contributed by atoms with E-state index in [1.54, 1.807) is 0 Å². The summed E-state index contributed by atoms with van der Waals surface area (Å²) in [6, 6.07) is 2.35. The molecular weight excluding hydrogens is 192 g/mol. The number of rotatable bonds is 5. The van der Waals surface area contributed by atoms with E-state index in [0.29, 0.717) is 0 Å². The van der Waals surface area contributed by atoms with Crippen LogP contribution in [0.1, 0.15) is 41.0 Å². The van der Waals surface area contributed by atoms with E-state index in [0.717, 1.165) is 18.7 Å². The molecule has 0 rings (SSSR count). The van der Waals surface area contributed by atoms with E-state index in [-0.39, 0.29) is 10.3 Å². The molecule has 0 heterocycles. The van der Waals surface area contributed by atoms with E-state index in [4.69, 9.17) is 5.26 Å². The maximum Gasteiger partial charge on any atom is 0.113 e. The van der Waals surface area contributed by atoms with E-state index >= 15 is 0 Å². The first-order valence-corrected chi connectivity index (χ1v) is 6.12. The molecule has 0 aromatic heterocycles. The Morgan fingerprint density at radius 2 is 1.86 bits per heavy atom. The van der Waals surface area contributed by atoms with Gasteiger partial charge in [-0.2, -0.15) is 17.0 Å². The quantitative estimate of drug-likeness (QED) is 0.764. The third kappa shape index (κ3) is 6.28. The van der Waals surface area contributed by atoms with Crippen molar-refractivity contribution in [3.63, 3.8) is 0 Å². The van der Waals surface area contributed by atoms with Crippen molar-refractivity contribution in [3.8, 4) is 6.07 Å². The van der Waals surface area contributed by atoms with Gasteiger partial charge < -0.3 is 0 Å². The minimum absolute atomic E-state index is 0.228. The van der Waals surface area contributed by atoms with Crippen molar-refractivity contribution in [1.82, 2.24) is 5.32 Å². The molecule has 82 valence electrons. The Morgan fingerprint density at radius 3 is 2.21 bits per heavy atom. The van der Waals surface area contributed by atoms with Crippen LogP contribution in [0.25, 0.3) is 0 Å². The number of thioether (sulfide) groups is 1. The number of hydrogen-bond acceptors (Lipinski definition) is 3. The Bertz CT molecular complexity index is 202. The normalized spacial score (nSPS) is 16.0. The minimum atomic E-state index is -0.381. The molecule has 0 bridgehead atoms. The van der Waals surface area contributed by atoms with Crippen LogP contribution in [0.15, 0.2) is 0 Å². The van der Waals surface area contributed by atoms with Gasteiger partial charge >= 0.3 is 0 Å². The first-order chi connectivity index (χ1) is 6.33. The van der Waals surface area contributed by atoms with Crippen LogP contribution in [-0.4, -0.2) is 22.6 Å². The highest BCUT2D eigenvalue weighted by Gasteiger charge is 2.25. The molecule has 14 heavy (non-hydrogen) atoms. The second kappa shape index (κ2) is 5.63. The van der Waals surface area contributed by atoms with Gasteiger partial charge in [0, 0.05) is 10.5 Å². The Morgan fingerprint density at radius 1 is 1.29 bits per heavy atom. The fraction of sp³-hybridized carbons (Fsp3) is 0.909. The van der Waals surface area contributed by atoms with Gasteiger partial charge in [0.15, 0.2) is 0 Å². The second-order valence-corrected chi connectivity index (χ2v) is 6.57. The lowest BCUT2D eigenvalue weighted by molar-refractivity contribution is 0.492. The number of nitriles is 1. The standard InChI is InChI=1S/C11H22N2S/c1-6-7-13-11(5,8-12)9-14-10(2,3)4/h13H,6-7,9H2,1-5H3. The maximum atomic E-state index is 9.08. The predicted octanol–water partition coefficient (Wildman–Crippen LogP) is 2.80. The van der Waals surface area contributed by atoms with Gasteiger partial charge in [0.25, 0.3) is 0 Å². The molecule has 2 nitrogen and oxygen atoms in total. The highest BCUT2D eigenvalue weighted by Crippen LogP contribution is 2.26. The van der Waals surface area contributed by atoms with Crippen molar-refractivity contribution in [3.05, 3.63) is 0 Å². The monoisotopic (exact) mass is 214 g/mol. The van der Waals surface area contributed by atoms with Crippen molar-refractivity contribution in [2.24, 2.45) is 0 Å². The van der Waals surface area contributed by atoms with Crippen LogP contribution in [0, 0.1) is 11.3 Å². The zero-order valence-corrected chi connectivity index (χ0v) is 10.8. The van der Waals surface area contributed by atoms with Gasteiger partial charge in [-0.1, -0.05) is 27.7 Å². The van der Waals surface area contributed by atoms with E-state index in [1.807, 2.05) is 18.7 Å². The van der Waals surface area contributed by atoms with Crippen molar-refractivity contribution < 1.29 is 0 Å². The lowest BCUT2D eigenvalue weighted by Gasteiger charge is -2.27. The highest BCUT2D eigenvalue weighted by atomic mass is 32.2. The van der Waals surface area contributed by atoms with Crippen LogP contribution in [0.3, 0.4) is 0 Å². The Hall–Kier alpha value is -0.200. The smallest absolute Gasteiger partial charge is 0.113 e. The molecule has 0 saturated heterocycles. The van der Waals surface area contributed by atoms with Gasteiger partial charge in [-0.25, -0.2) is 0 Å². The molecule has 1 atom stereocenters. The van der Waals surface area contributed by atoms with Gasteiger partial charge in [0.1, 0.15) is 5.54 Å². The molecule has 0 aromatic rings. The third-order valence-electron chi connectivity index (χ3n) is 1.81. The fourth-order valence-corrected chi connectivity index (χ4v) is 1.77. The summed E-state index contributed by atoms with van der Waals surface area (Å²) in [6.45, 7) is 11.5. The van der Waals surface area contributed by atoms with Crippen molar-refractivity contribution >= 4 is 11.8 Å². The van der Waals surface area contributed by atoms with E-state index in [2.05, 4.69) is 39.1 Å². The molecule has 1 unspecified atom stereocenters. The summed E-state index contributed by atoms with van der Waals surface area (Å²) in [5.41, 5.74) is -0.381. The lowest BCUT2D eigenvalue weighted by Crippen LogP contribution is -2.44. The summed E-state index contributed by atoms with van der Waals surface area (Å²) in [4.78, 5) is 0. The van der Waals surface area contributed by atoms with E-state index < -0.39 is 0 Å². The van der Waals surface area contributed by atoms with E-state index in [1.165, 1.54) is 0 Å². The summed E-state index contributed by atoms with van der Waals surface area (Å²) in [6.07, 6.45) is 1.07. The summed E-state index contributed by atoms with van der Waals surface area (Å²) < 4.78 is 0.228. The van der Waals surface area contributed by atoms with E-state index in [9.17, 15) is 0 Å². The van der Waals surface area contributed by atoms with Crippen molar-refractivity contribution in [1.29, 1.82) is 5.26 Å². The number of hydrogen-bond donors (Lipinski definition) is 1. The van der Waals surface area contributed by atoms with Crippen molar-refractivity contribution in [2.45, 2.75) is 51.3 Å². The summed E-state index contributed by atoms with van der Waals surface area (Å²) in [5, 5.41) is 12.4. The van der Waals surface area contributed by atoms with Crippen LogP contribution >= 0.6 is 11.8 Å². The molecule has 0 aliphatic carbocycles. The van der Waals surface area contributed by atoms with Crippen molar-refractivity contribution in [2.75, 3.05) is 12.3 Å². The Labute approximate surface area is 92.5 Å². The maximum absolute atomic E-state index is 9.08. The van der Waals surface area contributed by atoms with Crippen LogP contribution in [0.2, 0.25) is 0 Å². The number of nitrogens with one attached hydrogen (secondary N) is 1. The first-order valence-electron chi connectivity index (χ1n) is 5.13. The minimum Gasteiger partial charge on any atom is -0.299 e. The molecule has 0 radical (unpaired) electrons. The van der Waals surface area contributed by atoms with Crippen LogP contribution in [0.4, 0.5) is 0 Å². The average Bonchev–Trinajstić information content (AvgIpc) is 2.10. The molecule has 0 spiro atoms. The van der Waals surface area contributed by atoms with Crippen LogP contribution in [-0.2, 0) is 0 Å². The molecule has 0 amide bonds. The number of nitrogens with zero attached hydrogens (tertiary/aromatic N) is 1. The largest absolute Gasteiger partial charge is 0.299 e. The fourth-order valence-electron chi connectivity index (χ4n) is 0.885. The van der Waals surface area contributed by atoms with Gasteiger partial charge in [0.2, 0.25) is 0 Å². The molecule has 0 fully saturated rings. The molecule has 0 aromatic carbocycles. The van der Waals surface area contributed by atoms with Gasteiger partial charge in [0.05, 0.1) is 6.07 Å². The molecular formula is C11H22N2S. The predicted molar refractivity (Wildman–Crippen MR) is 64.5 cm³/mol. The molecule has 0 saturated carbocycles. The first kappa shape index (κ1) is 13.8. The zero-order chi connectivity index (χ0) is 11.2. The second-order valence-electron chi connectivity index (χ2n) is 4.77. The summed E-state index contributed by atoms with van der Waals surface area (Å²) in [5.74, 6) is 0.840. The van der Waals surface area contributed by atoms with Gasteiger partial charge in [-0.3, -0.25) is 5.32 Å².